The Balaban J connectivity index is 1.46. The second-order valence-electron chi connectivity index (χ2n) is 6.81. The molecule has 2 heterocycles. The third-order valence-corrected chi connectivity index (χ3v) is 5.40. The number of hydrogen-bond donors (Lipinski definition) is 1. The summed E-state index contributed by atoms with van der Waals surface area (Å²) in [7, 11) is 0. The van der Waals surface area contributed by atoms with Gasteiger partial charge in [0, 0.05) is 19.1 Å². The van der Waals surface area contributed by atoms with E-state index in [0.717, 1.165) is 19.1 Å². The highest BCUT2D eigenvalue weighted by atomic mass is 16.5. The lowest BCUT2D eigenvalue weighted by Crippen LogP contribution is -2.41. The zero-order valence-corrected chi connectivity index (χ0v) is 12.5. The Morgan fingerprint density at radius 2 is 1.95 bits per heavy atom. The molecule has 1 N–H and O–H groups in total. The number of hydrogen-bond acceptors (Lipinski definition) is 3. The van der Waals surface area contributed by atoms with Gasteiger partial charge in [0.2, 0.25) is 0 Å². The van der Waals surface area contributed by atoms with Gasteiger partial charge in [0.15, 0.2) is 0 Å². The van der Waals surface area contributed by atoms with Crippen molar-refractivity contribution in [2.45, 2.75) is 76.0 Å². The molecule has 0 amide bonds. The van der Waals surface area contributed by atoms with Gasteiger partial charge < -0.3 is 10.1 Å². The Labute approximate surface area is 118 Å². The quantitative estimate of drug-likeness (QED) is 0.827. The number of nitrogens with zero attached hydrogens (tertiary/aromatic N) is 1. The van der Waals surface area contributed by atoms with Crippen LogP contribution in [0.5, 0.6) is 0 Å². The second-order valence-corrected chi connectivity index (χ2v) is 6.81. The van der Waals surface area contributed by atoms with Crippen molar-refractivity contribution in [1.82, 2.24) is 10.2 Å². The summed E-state index contributed by atoms with van der Waals surface area (Å²) < 4.78 is 6.44. The highest BCUT2D eigenvalue weighted by Gasteiger charge is 2.42. The molecule has 1 spiro atoms. The molecule has 0 aromatic rings. The van der Waals surface area contributed by atoms with E-state index in [-0.39, 0.29) is 0 Å². The summed E-state index contributed by atoms with van der Waals surface area (Å²) in [5.41, 5.74) is 0.301. The first kappa shape index (κ1) is 13.8. The Morgan fingerprint density at radius 3 is 2.63 bits per heavy atom. The molecule has 2 unspecified atom stereocenters. The van der Waals surface area contributed by atoms with Crippen LogP contribution >= 0.6 is 0 Å². The number of rotatable bonds is 5. The minimum atomic E-state index is 0.301. The fraction of sp³-hybridized carbons (Fsp3) is 1.00. The van der Waals surface area contributed by atoms with Crippen molar-refractivity contribution in [3.8, 4) is 0 Å². The van der Waals surface area contributed by atoms with Crippen molar-refractivity contribution >= 4 is 0 Å². The average Bonchev–Trinajstić information content (AvgIpc) is 3.14. The van der Waals surface area contributed by atoms with E-state index in [4.69, 9.17) is 4.74 Å². The summed E-state index contributed by atoms with van der Waals surface area (Å²) in [6, 6.07) is 0.724. The third-order valence-electron chi connectivity index (χ3n) is 5.40. The van der Waals surface area contributed by atoms with Gasteiger partial charge in [0.25, 0.3) is 0 Å². The van der Waals surface area contributed by atoms with E-state index < -0.39 is 0 Å². The van der Waals surface area contributed by atoms with Crippen molar-refractivity contribution < 1.29 is 4.74 Å². The first-order chi connectivity index (χ1) is 9.30. The molecule has 19 heavy (non-hydrogen) atoms. The molecular weight excluding hydrogens is 236 g/mol. The summed E-state index contributed by atoms with van der Waals surface area (Å²) in [6.45, 7) is 7.02. The molecule has 2 atom stereocenters. The number of likely N-dealkylation sites (N-methyl/N-ethyl adjacent to an activating group) is 1. The average molecular weight is 266 g/mol. The smallest absolute Gasteiger partial charge is 0.0710 e. The van der Waals surface area contributed by atoms with Crippen LogP contribution in [-0.2, 0) is 4.74 Å². The molecule has 0 radical (unpaired) electrons. The normalized spacial score (nSPS) is 33.8. The van der Waals surface area contributed by atoms with Crippen molar-refractivity contribution in [1.29, 1.82) is 0 Å². The fourth-order valence-electron chi connectivity index (χ4n) is 4.26. The molecule has 0 aromatic carbocycles. The maximum atomic E-state index is 6.44. The SMILES string of the molecule is CCN(CC1CCCN1)CC1CCC2(CCCC2)O1. The van der Waals surface area contributed by atoms with E-state index >= 15 is 0 Å². The molecule has 2 saturated heterocycles. The van der Waals surface area contributed by atoms with Gasteiger partial charge in [-0.1, -0.05) is 19.8 Å². The molecule has 3 aliphatic rings. The maximum Gasteiger partial charge on any atom is 0.0710 e. The van der Waals surface area contributed by atoms with Gasteiger partial charge in [-0.15, -0.1) is 0 Å². The molecule has 110 valence electrons. The topological polar surface area (TPSA) is 24.5 Å². The van der Waals surface area contributed by atoms with Crippen LogP contribution in [0, 0.1) is 0 Å². The maximum absolute atomic E-state index is 6.44. The molecule has 3 rings (SSSR count). The van der Waals surface area contributed by atoms with Crippen molar-refractivity contribution in [3.63, 3.8) is 0 Å². The predicted octanol–water partition coefficient (Wildman–Crippen LogP) is 2.55. The van der Waals surface area contributed by atoms with Gasteiger partial charge in [-0.2, -0.15) is 0 Å². The third kappa shape index (κ3) is 3.32. The summed E-state index contributed by atoms with van der Waals surface area (Å²) in [4.78, 5) is 2.60. The molecule has 0 bridgehead atoms. The van der Waals surface area contributed by atoms with Crippen LogP contribution in [-0.4, -0.2) is 48.8 Å². The zero-order valence-electron chi connectivity index (χ0n) is 12.5. The monoisotopic (exact) mass is 266 g/mol. The Morgan fingerprint density at radius 1 is 1.11 bits per heavy atom. The van der Waals surface area contributed by atoms with E-state index in [0.29, 0.717) is 11.7 Å². The fourth-order valence-corrected chi connectivity index (χ4v) is 4.26. The van der Waals surface area contributed by atoms with E-state index in [1.54, 1.807) is 0 Å². The molecule has 1 aliphatic carbocycles. The predicted molar refractivity (Wildman–Crippen MR) is 78.4 cm³/mol. The summed E-state index contributed by atoms with van der Waals surface area (Å²) in [5, 5.41) is 3.61. The zero-order chi connectivity index (χ0) is 13.1. The molecule has 3 heteroatoms. The highest BCUT2D eigenvalue weighted by molar-refractivity contribution is 4.93. The first-order valence-electron chi connectivity index (χ1n) is 8.43. The second kappa shape index (κ2) is 6.11. The van der Waals surface area contributed by atoms with E-state index in [1.807, 2.05) is 0 Å². The van der Waals surface area contributed by atoms with E-state index in [9.17, 15) is 0 Å². The van der Waals surface area contributed by atoms with Gasteiger partial charge in [-0.25, -0.2) is 0 Å². The van der Waals surface area contributed by atoms with Gasteiger partial charge in [-0.3, -0.25) is 4.90 Å². The van der Waals surface area contributed by atoms with Gasteiger partial charge in [0.05, 0.1) is 11.7 Å². The van der Waals surface area contributed by atoms with Crippen LogP contribution in [0.1, 0.15) is 58.3 Å². The molecule has 2 aliphatic heterocycles. The standard InChI is InChI=1S/C16H30N2O/c1-2-18(12-14-6-5-11-17-14)13-15-7-10-16(19-15)8-3-4-9-16/h14-15,17H,2-13H2,1H3. The van der Waals surface area contributed by atoms with Gasteiger partial charge in [0.1, 0.15) is 0 Å². The van der Waals surface area contributed by atoms with Crippen molar-refractivity contribution in [2.24, 2.45) is 0 Å². The lowest BCUT2D eigenvalue weighted by molar-refractivity contribution is -0.0473. The molecule has 0 aromatic heterocycles. The summed E-state index contributed by atoms with van der Waals surface area (Å²) in [6.07, 6.45) is 11.2. The number of ether oxygens (including phenoxy) is 1. The van der Waals surface area contributed by atoms with Crippen molar-refractivity contribution in [3.05, 3.63) is 0 Å². The van der Waals surface area contributed by atoms with Crippen LogP contribution in [0.2, 0.25) is 0 Å². The van der Waals surface area contributed by atoms with Gasteiger partial charge >= 0.3 is 0 Å². The van der Waals surface area contributed by atoms with Crippen LogP contribution in [0.25, 0.3) is 0 Å². The number of nitrogens with one attached hydrogen (secondary N) is 1. The van der Waals surface area contributed by atoms with Crippen LogP contribution < -0.4 is 5.32 Å². The molecular formula is C16H30N2O. The van der Waals surface area contributed by atoms with E-state index in [1.165, 1.54) is 64.5 Å². The minimum Gasteiger partial charge on any atom is -0.370 e. The lowest BCUT2D eigenvalue weighted by Gasteiger charge is -2.29. The molecule has 3 nitrogen and oxygen atoms in total. The van der Waals surface area contributed by atoms with Crippen molar-refractivity contribution in [2.75, 3.05) is 26.2 Å². The Hall–Kier alpha value is -0.120. The first-order valence-corrected chi connectivity index (χ1v) is 8.43. The van der Waals surface area contributed by atoms with Crippen LogP contribution in [0.3, 0.4) is 0 Å². The molecule has 1 saturated carbocycles. The van der Waals surface area contributed by atoms with Gasteiger partial charge in [-0.05, 0) is 51.6 Å². The largest absolute Gasteiger partial charge is 0.370 e. The highest BCUT2D eigenvalue weighted by Crippen LogP contribution is 2.43. The summed E-state index contributed by atoms with van der Waals surface area (Å²) in [5.74, 6) is 0. The minimum absolute atomic E-state index is 0.301. The Kier molecular flexibility index (Phi) is 4.45. The molecule has 3 fully saturated rings. The lowest BCUT2D eigenvalue weighted by atomic mass is 9.98. The van der Waals surface area contributed by atoms with Crippen LogP contribution in [0.4, 0.5) is 0 Å². The van der Waals surface area contributed by atoms with Crippen LogP contribution in [0.15, 0.2) is 0 Å². The Bertz CT molecular complexity index is 282. The van der Waals surface area contributed by atoms with E-state index in [2.05, 4.69) is 17.1 Å². The summed E-state index contributed by atoms with van der Waals surface area (Å²) >= 11 is 0.